The van der Waals surface area contributed by atoms with Gasteiger partial charge in [-0.25, -0.2) is 4.39 Å². The summed E-state index contributed by atoms with van der Waals surface area (Å²) < 4.78 is 18.7. The first-order chi connectivity index (χ1) is 9.11. The summed E-state index contributed by atoms with van der Waals surface area (Å²) in [6, 6.07) is 4.31. The van der Waals surface area contributed by atoms with E-state index in [0.717, 1.165) is 38.1 Å². The molecule has 1 aromatic carbocycles. The van der Waals surface area contributed by atoms with Gasteiger partial charge in [-0.1, -0.05) is 6.07 Å². The Balaban J connectivity index is 2.07. The number of benzene rings is 1. The number of nitrogens with zero attached hydrogens (tertiary/aromatic N) is 1. The zero-order chi connectivity index (χ0) is 13.8. The number of phenols is 1. The largest absolute Gasteiger partial charge is 0.508 e. The van der Waals surface area contributed by atoms with Gasteiger partial charge in [0, 0.05) is 30.8 Å². The minimum atomic E-state index is -0.403. The van der Waals surface area contributed by atoms with Gasteiger partial charge in [0.25, 0.3) is 0 Å². The molecule has 1 saturated heterocycles. The molecule has 0 saturated carbocycles. The summed E-state index contributed by atoms with van der Waals surface area (Å²) in [7, 11) is 0. The van der Waals surface area contributed by atoms with Gasteiger partial charge >= 0.3 is 0 Å². The lowest BCUT2D eigenvalue weighted by Gasteiger charge is -2.36. The minimum absolute atomic E-state index is 0.0334. The number of piperidine rings is 1. The number of hydrogen-bond acceptors (Lipinski definition) is 3. The molecule has 1 aromatic rings. The standard InChI is InChI=1S/C15H22FNO2/c1-3-19-13-5-4-8-17(10-13)11(2)14-7-6-12(16)9-15(14)18/h6-7,9,11,13,18H,3-5,8,10H2,1-2H3. The Morgan fingerprint density at radius 1 is 1.53 bits per heavy atom. The van der Waals surface area contributed by atoms with Crippen molar-refractivity contribution in [3.8, 4) is 5.75 Å². The highest BCUT2D eigenvalue weighted by atomic mass is 19.1. The smallest absolute Gasteiger partial charge is 0.126 e. The highest BCUT2D eigenvalue weighted by Gasteiger charge is 2.25. The Labute approximate surface area is 114 Å². The lowest BCUT2D eigenvalue weighted by molar-refractivity contribution is -0.00564. The van der Waals surface area contributed by atoms with Crippen LogP contribution in [-0.4, -0.2) is 35.8 Å². The predicted octanol–water partition coefficient (Wildman–Crippen LogP) is 3.09. The van der Waals surface area contributed by atoms with Crippen molar-refractivity contribution in [3.63, 3.8) is 0 Å². The number of rotatable bonds is 4. The molecule has 1 N–H and O–H groups in total. The molecule has 4 heteroatoms. The molecule has 3 nitrogen and oxygen atoms in total. The molecule has 1 aliphatic heterocycles. The molecule has 0 aliphatic carbocycles. The van der Waals surface area contributed by atoms with Crippen LogP contribution in [0.15, 0.2) is 18.2 Å². The third-order valence-corrected chi connectivity index (χ3v) is 3.80. The first-order valence-electron chi connectivity index (χ1n) is 6.96. The van der Waals surface area contributed by atoms with Gasteiger partial charge in [0.15, 0.2) is 0 Å². The number of aromatic hydroxyl groups is 1. The van der Waals surface area contributed by atoms with Gasteiger partial charge < -0.3 is 9.84 Å². The quantitative estimate of drug-likeness (QED) is 0.910. The van der Waals surface area contributed by atoms with Crippen LogP contribution in [0.3, 0.4) is 0 Å². The maximum absolute atomic E-state index is 13.0. The van der Waals surface area contributed by atoms with Crippen molar-refractivity contribution >= 4 is 0 Å². The lowest BCUT2D eigenvalue weighted by atomic mass is 10.0. The predicted molar refractivity (Wildman–Crippen MR) is 72.7 cm³/mol. The SMILES string of the molecule is CCOC1CCCN(C(C)c2ccc(F)cc2O)C1. The van der Waals surface area contributed by atoms with Crippen LogP contribution in [0.2, 0.25) is 0 Å². The van der Waals surface area contributed by atoms with E-state index in [1.165, 1.54) is 12.1 Å². The van der Waals surface area contributed by atoms with E-state index in [2.05, 4.69) is 4.90 Å². The fourth-order valence-corrected chi connectivity index (χ4v) is 2.76. The number of likely N-dealkylation sites (tertiary alicyclic amines) is 1. The summed E-state index contributed by atoms with van der Waals surface area (Å²) in [4.78, 5) is 2.29. The van der Waals surface area contributed by atoms with Crippen LogP contribution in [0.25, 0.3) is 0 Å². The third-order valence-electron chi connectivity index (χ3n) is 3.80. The highest BCUT2D eigenvalue weighted by molar-refractivity contribution is 5.35. The Hall–Kier alpha value is -1.13. The third kappa shape index (κ3) is 3.45. The number of ether oxygens (including phenoxy) is 1. The first-order valence-corrected chi connectivity index (χ1v) is 6.96. The minimum Gasteiger partial charge on any atom is -0.508 e. The molecular formula is C15H22FNO2. The van der Waals surface area contributed by atoms with Crippen molar-refractivity contribution in [2.24, 2.45) is 0 Å². The van der Waals surface area contributed by atoms with Crippen molar-refractivity contribution < 1.29 is 14.2 Å². The van der Waals surface area contributed by atoms with Crippen LogP contribution in [0.5, 0.6) is 5.75 Å². The summed E-state index contributed by atoms with van der Waals surface area (Å²) in [6.07, 6.45) is 2.45. The van der Waals surface area contributed by atoms with E-state index < -0.39 is 5.82 Å². The van der Waals surface area contributed by atoms with Gasteiger partial charge in [-0.2, -0.15) is 0 Å². The van der Waals surface area contributed by atoms with E-state index in [1.807, 2.05) is 13.8 Å². The molecule has 0 aromatic heterocycles. The summed E-state index contributed by atoms with van der Waals surface area (Å²) in [5.41, 5.74) is 0.776. The van der Waals surface area contributed by atoms with Crippen molar-refractivity contribution in [1.29, 1.82) is 0 Å². The van der Waals surface area contributed by atoms with Crippen LogP contribution in [0.4, 0.5) is 4.39 Å². The molecule has 2 atom stereocenters. The summed E-state index contributed by atoms with van der Waals surface area (Å²) in [5, 5.41) is 9.86. The first kappa shape index (κ1) is 14.3. The van der Waals surface area contributed by atoms with Gasteiger partial charge in [0.1, 0.15) is 11.6 Å². The molecule has 1 aliphatic rings. The summed E-state index contributed by atoms with van der Waals surface area (Å²) >= 11 is 0. The Kier molecular flexibility index (Phi) is 4.77. The van der Waals surface area contributed by atoms with Crippen LogP contribution >= 0.6 is 0 Å². The Bertz CT molecular complexity index is 423. The zero-order valence-electron chi connectivity index (χ0n) is 11.6. The summed E-state index contributed by atoms with van der Waals surface area (Å²) in [6.45, 7) is 6.64. The molecule has 2 rings (SSSR count). The van der Waals surface area contributed by atoms with Crippen molar-refractivity contribution in [2.75, 3.05) is 19.7 Å². The summed E-state index contributed by atoms with van der Waals surface area (Å²) in [5.74, 6) is -0.370. The second kappa shape index (κ2) is 6.35. The zero-order valence-corrected chi connectivity index (χ0v) is 11.6. The van der Waals surface area contributed by atoms with E-state index in [1.54, 1.807) is 6.07 Å². The van der Waals surface area contributed by atoms with Crippen LogP contribution < -0.4 is 0 Å². The normalized spacial score (nSPS) is 22.4. The fraction of sp³-hybridized carbons (Fsp3) is 0.600. The average Bonchev–Trinajstić information content (AvgIpc) is 2.39. The molecule has 0 amide bonds. The molecule has 0 radical (unpaired) electrons. The lowest BCUT2D eigenvalue weighted by Crippen LogP contribution is -2.41. The van der Waals surface area contributed by atoms with E-state index in [0.29, 0.717) is 0 Å². The fourth-order valence-electron chi connectivity index (χ4n) is 2.76. The van der Waals surface area contributed by atoms with Crippen molar-refractivity contribution in [3.05, 3.63) is 29.6 Å². The Morgan fingerprint density at radius 3 is 3.00 bits per heavy atom. The van der Waals surface area contributed by atoms with Gasteiger partial charge in [-0.15, -0.1) is 0 Å². The molecule has 0 spiro atoms. The van der Waals surface area contributed by atoms with Gasteiger partial charge in [0.05, 0.1) is 6.10 Å². The maximum Gasteiger partial charge on any atom is 0.126 e. The van der Waals surface area contributed by atoms with Crippen LogP contribution in [0, 0.1) is 5.82 Å². The molecule has 106 valence electrons. The van der Waals surface area contributed by atoms with Gasteiger partial charge in [0.2, 0.25) is 0 Å². The number of phenolic OH excluding ortho intramolecular Hbond substituents is 1. The molecule has 2 unspecified atom stereocenters. The van der Waals surface area contributed by atoms with Crippen LogP contribution in [0.1, 0.15) is 38.3 Å². The van der Waals surface area contributed by atoms with Crippen molar-refractivity contribution in [1.82, 2.24) is 4.90 Å². The molecule has 0 bridgehead atoms. The number of hydrogen-bond donors (Lipinski definition) is 1. The highest BCUT2D eigenvalue weighted by Crippen LogP contribution is 2.31. The van der Waals surface area contributed by atoms with Gasteiger partial charge in [-0.3, -0.25) is 4.90 Å². The second-order valence-corrected chi connectivity index (χ2v) is 5.09. The molecule has 1 heterocycles. The van der Waals surface area contributed by atoms with Gasteiger partial charge in [-0.05, 0) is 39.3 Å². The van der Waals surface area contributed by atoms with E-state index in [9.17, 15) is 9.50 Å². The average molecular weight is 267 g/mol. The van der Waals surface area contributed by atoms with E-state index >= 15 is 0 Å². The number of halogens is 1. The van der Waals surface area contributed by atoms with E-state index in [-0.39, 0.29) is 17.9 Å². The monoisotopic (exact) mass is 267 g/mol. The second-order valence-electron chi connectivity index (χ2n) is 5.09. The molecule has 1 fully saturated rings. The molecule has 19 heavy (non-hydrogen) atoms. The molecular weight excluding hydrogens is 245 g/mol. The van der Waals surface area contributed by atoms with Crippen LogP contribution in [-0.2, 0) is 4.74 Å². The Morgan fingerprint density at radius 2 is 2.32 bits per heavy atom. The topological polar surface area (TPSA) is 32.7 Å². The van der Waals surface area contributed by atoms with E-state index in [4.69, 9.17) is 4.74 Å². The maximum atomic E-state index is 13.0. The van der Waals surface area contributed by atoms with Crippen molar-refractivity contribution in [2.45, 2.75) is 38.8 Å².